The van der Waals surface area contributed by atoms with E-state index in [0.717, 1.165) is 45.6 Å². The number of nitrogens with zero attached hydrogens (tertiary/aromatic N) is 2. The van der Waals surface area contributed by atoms with Crippen LogP contribution in [-0.2, 0) is 0 Å². The zero-order valence-electron chi connectivity index (χ0n) is 13.0. The number of hydrogen-bond acceptors (Lipinski definition) is 2. The van der Waals surface area contributed by atoms with Crippen molar-refractivity contribution >= 4 is 21.9 Å². The minimum atomic E-state index is 0.00408. The fraction of sp³-hybridized carbons (Fsp3) is 0.556. The molecule has 0 radical (unpaired) electrons. The minimum absolute atomic E-state index is 0.00408. The third-order valence-electron chi connectivity index (χ3n) is 6.74. The van der Waals surface area contributed by atoms with E-state index in [1.54, 1.807) is 6.20 Å². The molecule has 0 saturated heterocycles. The molecule has 7 rings (SSSR count). The molecule has 5 nitrogen and oxygen atoms in total. The lowest BCUT2D eigenvalue weighted by atomic mass is 9.54. The van der Waals surface area contributed by atoms with Gasteiger partial charge in [0.1, 0.15) is 5.65 Å². The van der Waals surface area contributed by atoms with E-state index in [0.29, 0.717) is 6.04 Å². The third kappa shape index (κ3) is 1.53. The SMILES string of the molecule is O=c1[nH]n(C2C3CC4CC(C3)CC2C4)c2c1cnc1[nH]ccc12. The lowest BCUT2D eigenvalue weighted by Gasteiger charge is -2.54. The fourth-order valence-corrected chi connectivity index (χ4v) is 6.19. The van der Waals surface area contributed by atoms with Gasteiger partial charge >= 0.3 is 0 Å². The summed E-state index contributed by atoms with van der Waals surface area (Å²) in [5, 5.41) is 4.96. The molecule has 4 aliphatic rings. The lowest BCUT2D eigenvalue weighted by Crippen LogP contribution is -2.46. The number of fused-ring (bicyclic) bond motifs is 3. The van der Waals surface area contributed by atoms with Crippen molar-refractivity contribution in [3.63, 3.8) is 0 Å². The molecular weight excluding hydrogens is 288 g/mol. The van der Waals surface area contributed by atoms with Crippen LogP contribution in [0.25, 0.3) is 21.9 Å². The Hall–Kier alpha value is -2.04. The second-order valence-corrected chi connectivity index (χ2v) is 7.99. The quantitative estimate of drug-likeness (QED) is 0.725. The molecule has 23 heavy (non-hydrogen) atoms. The Morgan fingerprint density at radius 1 is 1.04 bits per heavy atom. The van der Waals surface area contributed by atoms with Gasteiger partial charge < -0.3 is 4.98 Å². The molecule has 5 heteroatoms. The summed E-state index contributed by atoms with van der Waals surface area (Å²) in [7, 11) is 0. The summed E-state index contributed by atoms with van der Waals surface area (Å²) >= 11 is 0. The molecule has 3 aromatic heterocycles. The van der Waals surface area contributed by atoms with Crippen molar-refractivity contribution in [3.8, 4) is 0 Å². The predicted octanol–water partition coefficient (Wildman–Crippen LogP) is 3.20. The van der Waals surface area contributed by atoms with Crippen LogP contribution < -0.4 is 5.56 Å². The molecule has 4 aliphatic carbocycles. The van der Waals surface area contributed by atoms with Crippen LogP contribution >= 0.6 is 0 Å². The van der Waals surface area contributed by atoms with Gasteiger partial charge in [0, 0.05) is 17.8 Å². The van der Waals surface area contributed by atoms with Gasteiger partial charge in [-0.1, -0.05) is 0 Å². The Kier molecular flexibility index (Phi) is 2.20. The van der Waals surface area contributed by atoms with Crippen LogP contribution in [-0.4, -0.2) is 19.7 Å². The zero-order valence-corrected chi connectivity index (χ0v) is 13.0. The first kappa shape index (κ1) is 12.4. The molecule has 0 amide bonds. The average Bonchev–Trinajstić information content (AvgIpc) is 3.11. The summed E-state index contributed by atoms with van der Waals surface area (Å²) in [6.45, 7) is 0. The highest BCUT2D eigenvalue weighted by molar-refractivity contribution is 6.02. The number of rotatable bonds is 1. The number of hydrogen-bond donors (Lipinski definition) is 2. The second kappa shape index (κ2) is 4.08. The van der Waals surface area contributed by atoms with Crippen LogP contribution in [0.15, 0.2) is 23.3 Å². The summed E-state index contributed by atoms with van der Waals surface area (Å²) < 4.78 is 2.22. The topological polar surface area (TPSA) is 66.5 Å². The predicted molar refractivity (Wildman–Crippen MR) is 88.3 cm³/mol. The van der Waals surface area contributed by atoms with E-state index in [-0.39, 0.29) is 5.56 Å². The van der Waals surface area contributed by atoms with Gasteiger partial charge in [-0.15, -0.1) is 0 Å². The Balaban J connectivity index is 1.62. The van der Waals surface area contributed by atoms with Gasteiger partial charge in [0.05, 0.1) is 16.9 Å². The van der Waals surface area contributed by atoms with E-state index in [9.17, 15) is 4.79 Å². The molecule has 0 aliphatic heterocycles. The maximum absolute atomic E-state index is 12.5. The Morgan fingerprint density at radius 3 is 2.52 bits per heavy atom. The van der Waals surface area contributed by atoms with Crippen molar-refractivity contribution < 1.29 is 0 Å². The van der Waals surface area contributed by atoms with Gasteiger partial charge in [-0.05, 0) is 61.8 Å². The second-order valence-electron chi connectivity index (χ2n) is 7.99. The first-order valence-corrected chi connectivity index (χ1v) is 8.84. The highest BCUT2D eigenvalue weighted by Gasteiger charge is 2.49. The van der Waals surface area contributed by atoms with Gasteiger partial charge in [0.2, 0.25) is 0 Å². The Labute approximate surface area is 133 Å². The van der Waals surface area contributed by atoms with Crippen molar-refractivity contribution in [2.75, 3.05) is 0 Å². The van der Waals surface area contributed by atoms with Crippen molar-refractivity contribution in [2.24, 2.45) is 23.7 Å². The molecule has 3 aromatic rings. The highest BCUT2D eigenvalue weighted by atomic mass is 16.1. The first-order valence-electron chi connectivity index (χ1n) is 8.84. The van der Waals surface area contributed by atoms with E-state index in [1.807, 2.05) is 12.3 Å². The average molecular weight is 308 g/mol. The van der Waals surface area contributed by atoms with Crippen molar-refractivity contribution in [1.29, 1.82) is 0 Å². The molecular formula is C18H20N4O. The highest BCUT2D eigenvalue weighted by Crippen LogP contribution is 2.58. The molecule has 2 N–H and O–H groups in total. The molecule has 4 saturated carbocycles. The molecule has 0 spiro atoms. The molecule has 118 valence electrons. The summed E-state index contributed by atoms with van der Waals surface area (Å²) in [4.78, 5) is 20.0. The Bertz CT molecular complexity index is 950. The summed E-state index contributed by atoms with van der Waals surface area (Å²) in [6, 6.07) is 2.51. The molecule has 0 atom stereocenters. The van der Waals surface area contributed by atoms with Crippen LogP contribution in [0.2, 0.25) is 0 Å². The van der Waals surface area contributed by atoms with Gasteiger partial charge in [0.25, 0.3) is 5.56 Å². The zero-order chi connectivity index (χ0) is 15.1. The maximum Gasteiger partial charge on any atom is 0.273 e. The van der Waals surface area contributed by atoms with E-state index in [1.165, 1.54) is 32.1 Å². The summed E-state index contributed by atoms with van der Waals surface area (Å²) in [6.07, 6.45) is 10.5. The lowest BCUT2D eigenvalue weighted by molar-refractivity contribution is -0.0320. The van der Waals surface area contributed by atoms with Crippen LogP contribution in [0, 0.1) is 23.7 Å². The molecule has 4 fully saturated rings. The van der Waals surface area contributed by atoms with Crippen LogP contribution in [0.4, 0.5) is 0 Å². The number of aromatic nitrogens is 4. The maximum atomic E-state index is 12.5. The molecule has 3 heterocycles. The van der Waals surface area contributed by atoms with E-state index >= 15 is 0 Å². The smallest absolute Gasteiger partial charge is 0.273 e. The molecule has 0 unspecified atom stereocenters. The number of nitrogens with one attached hydrogen (secondary N) is 2. The van der Waals surface area contributed by atoms with Gasteiger partial charge in [-0.2, -0.15) is 0 Å². The van der Waals surface area contributed by atoms with E-state index in [2.05, 4.69) is 19.7 Å². The third-order valence-corrected chi connectivity index (χ3v) is 6.74. The normalized spacial score (nSPS) is 35.6. The van der Waals surface area contributed by atoms with Crippen molar-refractivity contribution in [1.82, 2.24) is 19.7 Å². The monoisotopic (exact) mass is 308 g/mol. The molecule has 4 bridgehead atoms. The van der Waals surface area contributed by atoms with E-state index in [4.69, 9.17) is 0 Å². The number of pyridine rings is 1. The van der Waals surface area contributed by atoms with E-state index < -0.39 is 0 Å². The standard InChI is InChI=1S/C18H20N4O/c23-18-14-8-20-17-13(1-2-19-17)16(14)22(21-18)15-11-4-9-3-10(6-11)7-12(15)5-9/h1-2,8-12,15H,3-7H2,(H,19,20)(H,21,23). The van der Waals surface area contributed by atoms with Crippen molar-refractivity contribution in [3.05, 3.63) is 28.8 Å². The minimum Gasteiger partial charge on any atom is -0.346 e. The Morgan fingerprint density at radius 2 is 1.78 bits per heavy atom. The van der Waals surface area contributed by atoms with Crippen LogP contribution in [0.3, 0.4) is 0 Å². The summed E-state index contributed by atoms with van der Waals surface area (Å²) in [5.74, 6) is 3.35. The number of H-pyrrole nitrogens is 2. The molecule has 0 aromatic carbocycles. The fourth-order valence-electron chi connectivity index (χ4n) is 6.19. The number of aromatic amines is 2. The first-order chi connectivity index (χ1) is 11.3. The van der Waals surface area contributed by atoms with Crippen LogP contribution in [0.1, 0.15) is 38.1 Å². The van der Waals surface area contributed by atoms with Gasteiger partial charge in [-0.25, -0.2) is 4.98 Å². The van der Waals surface area contributed by atoms with Crippen molar-refractivity contribution in [2.45, 2.75) is 38.1 Å². The van der Waals surface area contributed by atoms with Gasteiger partial charge in [-0.3, -0.25) is 14.6 Å². The van der Waals surface area contributed by atoms with Gasteiger partial charge in [0.15, 0.2) is 0 Å². The van der Waals surface area contributed by atoms with Crippen LogP contribution in [0.5, 0.6) is 0 Å². The largest absolute Gasteiger partial charge is 0.346 e. The summed E-state index contributed by atoms with van der Waals surface area (Å²) in [5.41, 5.74) is 1.93.